The van der Waals surface area contributed by atoms with E-state index in [9.17, 15) is 4.79 Å². The number of carbonyl (C=O) groups is 1. The number of hydrogen-bond donors (Lipinski definition) is 1. The van der Waals surface area contributed by atoms with Crippen LogP contribution in [0.3, 0.4) is 0 Å². The van der Waals surface area contributed by atoms with Crippen molar-refractivity contribution in [3.63, 3.8) is 0 Å². The summed E-state index contributed by atoms with van der Waals surface area (Å²) in [6.07, 6.45) is 7.04. The molecule has 0 spiro atoms. The quantitative estimate of drug-likeness (QED) is 0.464. The maximum atomic E-state index is 12.3. The Bertz CT molecular complexity index is 1120. The predicted molar refractivity (Wildman–Crippen MR) is 115 cm³/mol. The lowest BCUT2D eigenvalue weighted by Gasteiger charge is -2.08. The third-order valence-corrected chi connectivity index (χ3v) is 5.28. The molecule has 0 saturated heterocycles. The van der Waals surface area contributed by atoms with E-state index in [-0.39, 0.29) is 5.91 Å². The van der Waals surface area contributed by atoms with E-state index in [1.165, 1.54) is 16.5 Å². The number of hydrogen-bond acceptors (Lipinski definition) is 3. The van der Waals surface area contributed by atoms with E-state index in [1.807, 2.05) is 28.8 Å². The fraction of sp³-hybridized carbons (Fsp3) is 0.348. The summed E-state index contributed by atoms with van der Waals surface area (Å²) in [5.74, 6) is 1.02. The van der Waals surface area contributed by atoms with Crippen molar-refractivity contribution in [3.8, 4) is 0 Å². The number of benzene rings is 1. The molecule has 0 unspecified atom stereocenters. The number of fused-ring (bicyclic) bond motifs is 2. The molecule has 0 aliphatic heterocycles. The molecule has 1 N–H and O–H groups in total. The van der Waals surface area contributed by atoms with Crippen LogP contribution >= 0.6 is 0 Å². The van der Waals surface area contributed by atoms with Crippen molar-refractivity contribution in [2.24, 2.45) is 0 Å². The summed E-state index contributed by atoms with van der Waals surface area (Å²) in [7, 11) is 0. The van der Waals surface area contributed by atoms with Gasteiger partial charge in [-0.1, -0.05) is 24.3 Å². The van der Waals surface area contributed by atoms with Crippen molar-refractivity contribution in [2.75, 3.05) is 6.54 Å². The van der Waals surface area contributed by atoms with Crippen molar-refractivity contribution in [2.45, 2.75) is 45.6 Å². The van der Waals surface area contributed by atoms with Crippen LogP contribution in [-0.2, 0) is 17.6 Å². The van der Waals surface area contributed by atoms with E-state index in [1.54, 1.807) is 0 Å². The second-order valence-corrected chi connectivity index (χ2v) is 7.67. The number of para-hydroxylation sites is 1. The molecular formula is C23H27N5O. The van der Waals surface area contributed by atoms with Crippen LogP contribution in [0.4, 0.5) is 0 Å². The Morgan fingerprint density at radius 2 is 1.90 bits per heavy atom. The molecule has 29 heavy (non-hydrogen) atoms. The van der Waals surface area contributed by atoms with Crippen LogP contribution in [0.1, 0.15) is 44.1 Å². The van der Waals surface area contributed by atoms with E-state index in [0.29, 0.717) is 19.0 Å². The molecular weight excluding hydrogens is 362 g/mol. The predicted octanol–water partition coefficient (Wildman–Crippen LogP) is 3.95. The number of rotatable bonds is 8. The van der Waals surface area contributed by atoms with Gasteiger partial charge in [-0.3, -0.25) is 9.20 Å². The Labute approximate surface area is 170 Å². The molecule has 1 aromatic carbocycles. The van der Waals surface area contributed by atoms with Crippen LogP contribution in [0.5, 0.6) is 0 Å². The van der Waals surface area contributed by atoms with Gasteiger partial charge in [-0.15, -0.1) is 10.2 Å². The van der Waals surface area contributed by atoms with Crippen molar-refractivity contribution in [1.82, 2.24) is 24.5 Å². The minimum atomic E-state index is 0.0949. The maximum absolute atomic E-state index is 12.3. The topological polar surface area (TPSA) is 64.2 Å². The van der Waals surface area contributed by atoms with Gasteiger partial charge < -0.3 is 9.88 Å². The number of aryl methyl sites for hydroxylation is 2. The van der Waals surface area contributed by atoms with E-state index in [0.717, 1.165) is 30.7 Å². The first-order valence-electron chi connectivity index (χ1n) is 10.3. The van der Waals surface area contributed by atoms with Gasteiger partial charge in [-0.2, -0.15) is 0 Å². The summed E-state index contributed by atoms with van der Waals surface area (Å²) < 4.78 is 4.28. The molecule has 0 radical (unpaired) electrons. The van der Waals surface area contributed by atoms with E-state index in [4.69, 9.17) is 0 Å². The number of aromatic nitrogens is 4. The monoisotopic (exact) mass is 389 g/mol. The Balaban J connectivity index is 1.28. The standard InChI is InChI=1S/C23H27N5O/c1-17(2)28-16-18(19-8-3-4-9-20(19)28)12-13-23(29)24-14-7-11-22-26-25-21-10-5-6-15-27(21)22/h3-6,8-10,15-17H,7,11-14H2,1-2H3,(H,24,29). The van der Waals surface area contributed by atoms with Crippen molar-refractivity contribution in [3.05, 3.63) is 66.2 Å². The van der Waals surface area contributed by atoms with Gasteiger partial charge in [0.1, 0.15) is 5.82 Å². The van der Waals surface area contributed by atoms with Gasteiger partial charge >= 0.3 is 0 Å². The summed E-state index contributed by atoms with van der Waals surface area (Å²) in [4.78, 5) is 12.3. The Morgan fingerprint density at radius 3 is 2.76 bits per heavy atom. The SMILES string of the molecule is CC(C)n1cc(CCC(=O)NCCCc2nnc3ccccn23)c2ccccc21. The fourth-order valence-corrected chi connectivity index (χ4v) is 3.78. The molecule has 0 fully saturated rings. The summed E-state index contributed by atoms with van der Waals surface area (Å²) in [5, 5.41) is 12.7. The fourth-order valence-electron chi connectivity index (χ4n) is 3.78. The molecule has 6 nitrogen and oxygen atoms in total. The van der Waals surface area contributed by atoms with Gasteiger partial charge in [0.15, 0.2) is 5.65 Å². The first kappa shape index (κ1) is 19.2. The van der Waals surface area contributed by atoms with Crippen LogP contribution in [0.2, 0.25) is 0 Å². The van der Waals surface area contributed by atoms with Crippen LogP contribution in [0.25, 0.3) is 16.6 Å². The summed E-state index contributed by atoms with van der Waals surface area (Å²) >= 11 is 0. The highest BCUT2D eigenvalue weighted by Gasteiger charge is 2.11. The van der Waals surface area contributed by atoms with Crippen LogP contribution in [-0.4, -0.2) is 31.6 Å². The van der Waals surface area contributed by atoms with Crippen molar-refractivity contribution >= 4 is 22.5 Å². The summed E-state index contributed by atoms with van der Waals surface area (Å²) in [6.45, 7) is 5.01. The van der Waals surface area contributed by atoms with Gasteiger partial charge in [0.05, 0.1) is 0 Å². The highest BCUT2D eigenvalue weighted by molar-refractivity contribution is 5.85. The lowest BCUT2D eigenvalue weighted by Crippen LogP contribution is -2.25. The van der Waals surface area contributed by atoms with Crippen molar-refractivity contribution < 1.29 is 4.79 Å². The van der Waals surface area contributed by atoms with Crippen LogP contribution in [0, 0.1) is 0 Å². The molecule has 6 heteroatoms. The first-order chi connectivity index (χ1) is 14.1. The number of nitrogens with zero attached hydrogens (tertiary/aromatic N) is 4. The largest absolute Gasteiger partial charge is 0.356 e. The lowest BCUT2D eigenvalue weighted by atomic mass is 10.1. The average molecular weight is 390 g/mol. The normalized spacial score (nSPS) is 11.6. The Hall–Kier alpha value is -3.15. The van der Waals surface area contributed by atoms with Gasteiger partial charge in [-0.25, -0.2) is 0 Å². The Kier molecular flexibility index (Phi) is 5.60. The third kappa shape index (κ3) is 4.16. The van der Waals surface area contributed by atoms with Gasteiger partial charge in [0, 0.05) is 48.7 Å². The minimum Gasteiger partial charge on any atom is -0.356 e. The van der Waals surface area contributed by atoms with Crippen LogP contribution in [0.15, 0.2) is 54.9 Å². The summed E-state index contributed by atoms with van der Waals surface area (Å²) in [5.41, 5.74) is 3.32. The molecule has 3 aromatic heterocycles. The molecule has 0 atom stereocenters. The van der Waals surface area contributed by atoms with Gasteiger partial charge in [-0.05, 0) is 50.5 Å². The van der Waals surface area contributed by atoms with Gasteiger partial charge in [0.2, 0.25) is 5.91 Å². The number of amides is 1. The average Bonchev–Trinajstić information content (AvgIpc) is 3.31. The second-order valence-electron chi connectivity index (χ2n) is 7.67. The zero-order chi connectivity index (χ0) is 20.2. The molecule has 1 amide bonds. The molecule has 4 rings (SSSR count). The lowest BCUT2D eigenvalue weighted by molar-refractivity contribution is -0.121. The molecule has 3 heterocycles. The minimum absolute atomic E-state index is 0.0949. The highest BCUT2D eigenvalue weighted by atomic mass is 16.1. The van der Waals surface area contributed by atoms with Crippen molar-refractivity contribution in [1.29, 1.82) is 0 Å². The first-order valence-corrected chi connectivity index (χ1v) is 10.3. The van der Waals surface area contributed by atoms with E-state index >= 15 is 0 Å². The zero-order valence-corrected chi connectivity index (χ0v) is 17.0. The number of carbonyl (C=O) groups excluding carboxylic acids is 1. The second kappa shape index (κ2) is 8.47. The number of nitrogens with one attached hydrogen (secondary N) is 1. The molecule has 0 saturated carbocycles. The van der Waals surface area contributed by atoms with Gasteiger partial charge in [0.25, 0.3) is 0 Å². The summed E-state index contributed by atoms with van der Waals surface area (Å²) in [6, 6.07) is 14.7. The van der Waals surface area contributed by atoms with E-state index < -0.39 is 0 Å². The smallest absolute Gasteiger partial charge is 0.220 e. The Morgan fingerprint density at radius 1 is 1.07 bits per heavy atom. The zero-order valence-electron chi connectivity index (χ0n) is 17.0. The molecule has 4 aromatic rings. The molecule has 0 bridgehead atoms. The van der Waals surface area contributed by atoms with E-state index in [2.05, 4.69) is 64.4 Å². The highest BCUT2D eigenvalue weighted by Crippen LogP contribution is 2.25. The van der Waals surface area contributed by atoms with Crippen LogP contribution < -0.4 is 5.32 Å². The molecule has 0 aliphatic rings. The molecule has 150 valence electrons. The number of pyridine rings is 1. The molecule has 0 aliphatic carbocycles. The third-order valence-electron chi connectivity index (χ3n) is 5.28. The maximum Gasteiger partial charge on any atom is 0.220 e.